The highest BCUT2D eigenvalue weighted by Gasteiger charge is 2.25. The second kappa shape index (κ2) is 5.34. The van der Waals surface area contributed by atoms with Crippen molar-refractivity contribution in [3.8, 4) is 0 Å². The molecular formula is C11H15N3O3S. The summed E-state index contributed by atoms with van der Waals surface area (Å²) in [6.07, 6.45) is 0.644. The third-order valence-corrected chi connectivity index (χ3v) is 3.74. The lowest BCUT2D eigenvalue weighted by Crippen LogP contribution is -2.49. The maximum atomic E-state index is 11.9. The van der Waals surface area contributed by atoms with Gasteiger partial charge in [-0.1, -0.05) is 0 Å². The van der Waals surface area contributed by atoms with Crippen LogP contribution in [0, 0.1) is 6.92 Å². The summed E-state index contributed by atoms with van der Waals surface area (Å²) in [6, 6.07) is -0.122. The topological polar surface area (TPSA) is 82.5 Å². The van der Waals surface area contributed by atoms with Crippen LogP contribution < -0.4 is 5.32 Å². The Morgan fingerprint density at radius 3 is 3.00 bits per heavy atom. The van der Waals surface area contributed by atoms with Gasteiger partial charge in [-0.15, -0.1) is 11.3 Å². The van der Waals surface area contributed by atoms with Crippen molar-refractivity contribution in [1.29, 1.82) is 0 Å². The van der Waals surface area contributed by atoms with Crippen LogP contribution in [-0.2, 0) is 0 Å². The third-order valence-electron chi connectivity index (χ3n) is 2.99. The summed E-state index contributed by atoms with van der Waals surface area (Å²) < 4.78 is 0. The predicted molar refractivity (Wildman–Crippen MR) is 66.9 cm³/mol. The molecule has 0 spiro atoms. The summed E-state index contributed by atoms with van der Waals surface area (Å²) in [7, 11) is 0. The molecule has 1 fully saturated rings. The molecule has 2 N–H and O–H groups in total. The van der Waals surface area contributed by atoms with Crippen molar-refractivity contribution in [1.82, 2.24) is 15.2 Å². The summed E-state index contributed by atoms with van der Waals surface area (Å²) in [5.41, 5.74) is 2.07. The highest BCUT2D eigenvalue weighted by atomic mass is 32.1. The van der Waals surface area contributed by atoms with Crippen molar-refractivity contribution in [3.05, 3.63) is 16.1 Å². The van der Waals surface area contributed by atoms with E-state index in [1.54, 1.807) is 5.51 Å². The number of carbonyl (C=O) groups excluding carboxylic acids is 1. The van der Waals surface area contributed by atoms with E-state index in [-0.39, 0.29) is 11.9 Å². The third kappa shape index (κ3) is 2.79. The summed E-state index contributed by atoms with van der Waals surface area (Å²) >= 11 is 1.42. The van der Waals surface area contributed by atoms with Crippen LogP contribution in [0.3, 0.4) is 0 Å². The smallest absolute Gasteiger partial charge is 0.407 e. The zero-order valence-corrected chi connectivity index (χ0v) is 10.9. The molecule has 2 heterocycles. The molecule has 6 nitrogen and oxygen atoms in total. The van der Waals surface area contributed by atoms with Crippen molar-refractivity contribution >= 4 is 23.3 Å². The van der Waals surface area contributed by atoms with Gasteiger partial charge in [-0.2, -0.15) is 0 Å². The van der Waals surface area contributed by atoms with Crippen LogP contribution in [0.1, 0.15) is 28.2 Å². The first-order valence-corrected chi connectivity index (χ1v) is 6.64. The molecule has 1 saturated heterocycles. The molecule has 2 amide bonds. The van der Waals surface area contributed by atoms with Crippen LogP contribution in [0.5, 0.6) is 0 Å². The number of amides is 2. The number of rotatable bonds is 2. The summed E-state index contributed by atoms with van der Waals surface area (Å²) in [5, 5.41) is 11.8. The minimum Gasteiger partial charge on any atom is -0.465 e. The van der Waals surface area contributed by atoms with Gasteiger partial charge in [0.05, 0.1) is 5.51 Å². The van der Waals surface area contributed by atoms with Gasteiger partial charge < -0.3 is 15.3 Å². The molecular weight excluding hydrogens is 254 g/mol. The largest absolute Gasteiger partial charge is 0.465 e. The number of carboxylic acid groups (broad SMARTS) is 1. The van der Waals surface area contributed by atoms with Crippen LogP contribution in [0.15, 0.2) is 5.51 Å². The van der Waals surface area contributed by atoms with E-state index in [0.717, 1.165) is 17.7 Å². The Balaban J connectivity index is 1.95. The molecule has 0 radical (unpaired) electrons. The molecule has 1 aromatic rings. The first-order valence-electron chi connectivity index (χ1n) is 5.76. The van der Waals surface area contributed by atoms with E-state index in [9.17, 15) is 9.59 Å². The van der Waals surface area contributed by atoms with Crippen LogP contribution >= 0.6 is 11.3 Å². The van der Waals surface area contributed by atoms with E-state index in [0.29, 0.717) is 18.8 Å². The zero-order chi connectivity index (χ0) is 13.1. The SMILES string of the molecule is Cc1scnc1C(=O)NC1CCCN(C(=O)O)C1. The van der Waals surface area contributed by atoms with Crippen molar-refractivity contribution in [2.45, 2.75) is 25.8 Å². The van der Waals surface area contributed by atoms with Crippen molar-refractivity contribution < 1.29 is 14.7 Å². The average Bonchev–Trinajstić information content (AvgIpc) is 2.76. The molecule has 0 saturated carbocycles. The lowest BCUT2D eigenvalue weighted by molar-refractivity contribution is 0.0884. The minimum atomic E-state index is -0.932. The number of nitrogens with zero attached hydrogens (tertiary/aromatic N) is 2. The van der Waals surface area contributed by atoms with Gasteiger partial charge in [0, 0.05) is 24.0 Å². The Hall–Kier alpha value is -1.63. The van der Waals surface area contributed by atoms with E-state index in [1.165, 1.54) is 16.2 Å². The Morgan fingerprint density at radius 1 is 1.61 bits per heavy atom. The van der Waals surface area contributed by atoms with Crippen molar-refractivity contribution in [2.75, 3.05) is 13.1 Å². The Bertz CT molecular complexity index is 460. The molecule has 18 heavy (non-hydrogen) atoms. The Morgan fingerprint density at radius 2 is 2.39 bits per heavy atom. The number of aromatic nitrogens is 1. The quantitative estimate of drug-likeness (QED) is 0.848. The molecule has 98 valence electrons. The number of nitrogens with one attached hydrogen (secondary N) is 1. The lowest BCUT2D eigenvalue weighted by atomic mass is 10.1. The highest BCUT2D eigenvalue weighted by molar-refractivity contribution is 7.09. The molecule has 0 aliphatic carbocycles. The molecule has 0 aromatic carbocycles. The van der Waals surface area contributed by atoms with Gasteiger partial charge in [0.1, 0.15) is 5.69 Å². The van der Waals surface area contributed by atoms with Crippen LogP contribution in [0.25, 0.3) is 0 Å². The summed E-state index contributed by atoms with van der Waals surface area (Å²) in [6.45, 7) is 2.73. The Kier molecular flexibility index (Phi) is 3.81. The molecule has 1 aliphatic rings. The van der Waals surface area contributed by atoms with Crippen LogP contribution in [0.2, 0.25) is 0 Å². The number of carbonyl (C=O) groups is 2. The van der Waals surface area contributed by atoms with E-state index in [2.05, 4.69) is 10.3 Å². The number of hydrogen-bond donors (Lipinski definition) is 2. The van der Waals surface area contributed by atoms with E-state index in [4.69, 9.17) is 5.11 Å². The van der Waals surface area contributed by atoms with Gasteiger partial charge in [0.2, 0.25) is 0 Å². The van der Waals surface area contributed by atoms with Gasteiger partial charge >= 0.3 is 6.09 Å². The first kappa shape index (κ1) is 12.8. The van der Waals surface area contributed by atoms with Gasteiger partial charge in [-0.05, 0) is 19.8 Å². The first-order chi connectivity index (χ1) is 8.58. The second-order valence-corrected chi connectivity index (χ2v) is 5.36. The monoisotopic (exact) mass is 269 g/mol. The fourth-order valence-corrected chi connectivity index (χ4v) is 2.62. The number of thiazole rings is 1. The number of piperidine rings is 1. The highest BCUT2D eigenvalue weighted by Crippen LogP contribution is 2.14. The molecule has 1 unspecified atom stereocenters. The minimum absolute atomic E-state index is 0.122. The van der Waals surface area contributed by atoms with Gasteiger partial charge in [-0.3, -0.25) is 4.79 Å². The van der Waals surface area contributed by atoms with E-state index in [1.807, 2.05) is 6.92 Å². The van der Waals surface area contributed by atoms with Crippen molar-refractivity contribution in [2.24, 2.45) is 0 Å². The predicted octanol–water partition coefficient (Wildman–Crippen LogP) is 1.32. The fraction of sp³-hybridized carbons (Fsp3) is 0.545. The summed E-state index contributed by atoms with van der Waals surface area (Å²) in [5.74, 6) is -0.217. The lowest BCUT2D eigenvalue weighted by Gasteiger charge is -2.31. The van der Waals surface area contributed by atoms with Crippen LogP contribution in [-0.4, -0.2) is 46.1 Å². The molecule has 2 rings (SSSR count). The number of likely N-dealkylation sites (tertiary alicyclic amines) is 1. The summed E-state index contributed by atoms with van der Waals surface area (Å²) in [4.78, 5) is 29.0. The van der Waals surface area contributed by atoms with E-state index >= 15 is 0 Å². The van der Waals surface area contributed by atoms with Gasteiger partial charge in [0.15, 0.2) is 0 Å². The van der Waals surface area contributed by atoms with Crippen molar-refractivity contribution in [3.63, 3.8) is 0 Å². The zero-order valence-electron chi connectivity index (χ0n) is 10.0. The Labute approximate surface area is 109 Å². The molecule has 1 aromatic heterocycles. The number of aryl methyl sites for hydroxylation is 1. The average molecular weight is 269 g/mol. The molecule has 1 atom stereocenters. The molecule has 1 aliphatic heterocycles. The molecule has 0 bridgehead atoms. The normalized spacial score (nSPS) is 19.6. The van der Waals surface area contributed by atoms with Gasteiger partial charge in [-0.25, -0.2) is 9.78 Å². The maximum absolute atomic E-state index is 11.9. The van der Waals surface area contributed by atoms with Gasteiger partial charge in [0.25, 0.3) is 5.91 Å². The van der Waals surface area contributed by atoms with Crippen LogP contribution in [0.4, 0.5) is 4.79 Å². The maximum Gasteiger partial charge on any atom is 0.407 e. The molecule has 7 heteroatoms. The second-order valence-electron chi connectivity index (χ2n) is 4.30. The standard InChI is InChI=1S/C11H15N3O3S/c1-7-9(12-6-18-7)10(15)13-8-3-2-4-14(5-8)11(16)17/h6,8H,2-5H2,1H3,(H,13,15)(H,16,17). The van der Waals surface area contributed by atoms with E-state index < -0.39 is 6.09 Å². The fourth-order valence-electron chi connectivity index (χ4n) is 2.05. The number of hydrogen-bond acceptors (Lipinski definition) is 4.